The van der Waals surface area contributed by atoms with E-state index in [1.165, 1.54) is 0 Å². The number of carbonyl (C=O) groups is 4. The van der Waals surface area contributed by atoms with Crippen molar-refractivity contribution >= 4 is 29.4 Å². The molecule has 3 rings (SSSR count). The Bertz CT molecular complexity index is 849. The van der Waals surface area contributed by atoms with E-state index in [0.717, 1.165) is 17.7 Å². The molecule has 0 bridgehead atoms. The van der Waals surface area contributed by atoms with Gasteiger partial charge in [-0.3, -0.25) is 19.3 Å². The molecule has 2 aliphatic rings. The predicted molar refractivity (Wildman–Crippen MR) is 113 cm³/mol. The van der Waals surface area contributed by atoms with Crippen LogP contribution in [0.4, 0.5) is 10.5 Å². The van der Waals surface area contributed by atoms with Gasteiger partial charge in [0.2, 0.25) is 5.91 Å². The van der Waals surface area contributed by atoms with Crippen LogP contribution in [0, 0.1) is 5.92 Å². The summed E-state index contributed by atoms with van der Waals surface area (Å²) in [7, 11) is 0. The summed E-state index contributed by atoms with van der Waals surface area (Å²) in [5, 5.41) is 8.36. The number of anilines is 1. The molecule has 1 spiro atoms. The quantitative estimate of drug-likeness (QED) is 0.658. The predicted octanol–water partition coefficient (Wildman–Crippen LogP) is 2.65. The van der Waals surface area contributed by atoms with Gasteiger partial charge in [0.15, 0.2) is 0 Å². The zero-order valence-corrected chi connectivity index (χ0v) is 18.0. The molecule has 1 aromatic rings. The number of rotatable bonds is 4. The van der Waals surface area contributed by atoms with Gasteiger partial charge in [-0.1, -0.05) is 6.92 Å². The monoisotopic (exact) mass is 414 g/mol. The van der Waals surface area contributed by atoms with Crippen LogP contribution in [0.5, 0.6) is 0 Å². The highest BCUT2D eigenvalue weighted by atomic mass is 16.2. The molecule has 2 fully saturated rings. The van der Waals surface area contributed by atoms with E-state index in [2.05, 4.69) is 22.9 Å². The first kappa shape index (κ1) is 21.8. The molecule has 1 heterocycles. The molecule has 162 valence electrons. The third-order valence-corrected chi connectivity index (χ3v) is 5.59. The van der Waals surface area contributed by atoms with Gasteiger partial charge in [0.1, 0.15) is 12.1 Å². The van der Waals surface area contributed by atoms with Gasteiger partial charge in [0.25, 0.3) is 11.8 Å². The molecule has 1 aliphatic heterocycles. The highest BCUT2D eigenvalue weighted by Gasteiger charge is 2.52. The van der Waals surface area contributed by atoms with Crippen LogP contribution in [0.2, 0.25) is 0 Å². The second-order valence-corrected chi connectivity index (χ2v) is 9.42. The lowest BCUT2D eigenvalue weighted by Crippen LogP contribution is -2.49. The van der Waals surface area contributed by atoms with E-state index in [4.69, 9.17) is 0 Å². The second kappa shape index (κ2) is 8.08. The maximum atomic E-state index is 12.8. The van der Waals surface area contributed by atoms with Gasteiger partial charge in [0.05, 0.1) is 0 Å². The third kappa shape index (κ3) is 4.80. The number of carbonyl (C=O) groups excluding carboxylic acids is 4. The van der Waals surface area contributed by atoms with Crippen molar-refractivity contribution in [3.63, 3.8) is 0 Å². The van der Waals surface area contributed by atoms with E-state index >= 15 is 0 Å². The standard InChI is InChI=1S/C22H30N4O4/c1-14-9-11-22(12-10-14)19(29)26(20(30)25-22)13-17(27)23-16-7-5-15(6-8-16)18(28)24-21(2,3)4/h5-8,14H,9-13H2,1-4H3,(H,23,27)(H,24,28)(H,25,30). The zero-order chi connectivity index (χ0) is 22.1. The Morgan fingerprint density at radius 1 is 1.13 bits per heavy atom. The molecule has 0 unspecified atom stereocenters. The van der Waals surface area contributed by atoms with E-state index in [1.807, 2.05) is 20.8 Å². The van der Waals surface area contributed by atoms with Crippen LogP contribution >= 0.6 is 0 Å². The molecule has 1 aromatic carbocycles. The number of amides is 5. The number of nitrogens with zero attached hydrogens (tertiary/aromatic N) is 1. The number of hydrogen-bond donors (Lipinski definition) is 3. The van der Waals surface area contributed by atoms with Gasteiger partial charge in [-0.25, -0.2) is 4.79 Å². The molecule has 3 N–H and O–H groups in total. The Hall–Kier alpha value is -2.90. The molecule has 1 saturated carbocycles. The molecule has 1 saturated heterocycles. The van der Waals surface area contributed by atoms with Gasteiger partial charge in [0, 0.05) is 16.8 Å². The summed E-state index contributed by atoms with van der Waals surface area (Å²) in [6.45, 7) is 7.49. The topological polar surface area (TPSA) is 108 Å². The van der Waals surface area contributed by atoms with E-state index < -0.39 is 17.5 Å². The van der Waals surface area contributed by atoms with Crippen molar-refractivity contribution in [3.8, 4) is 0 Å². The summed E-state index contributed by atoms with van der Waals surface area (Å²) in [6, 6.07) is 5.95. The van der Waals surface area contributed by atoms with Crippen molar-refractivity contribution in [1.82, 2.24) is 15.5 Å². The van der Waals surface area contributed by atoms with Gasteiger partial charge >= 0.3 is 6.03 Å². The SMILES string of the molecule is CC1CCC2(CC1)NC(=O)N(CC(=O)Nc1ccc(C(=O)NC(C)(C)C)cc1)C2=O. The molecule has 8 nitrogen and oxygen atoms in total. The molecule has 5 amide bonds. The summed E-state index contributed by atoms with van der Waals surface area (Å²) < 4.78 is 0. The molecular formula is C22H30N4O4. The number of benzene rings is 1. The smallest absolute Gasteiger partial charge is 0.325 e. The highest BCUT2D eigenvalue weighted by Crippen LogP contribution is 2.36. The van der Waals surface area contributed by atoms with Crippen LogP contribution < -0.4 is 16.0 Å². The average Bonchev–Trinajstić information content (AvgIpc) is 2.88. The fourth-order valence-electron chi connectivity index (χ4n) is 3.88. The molecule has 1 aliphatic carbocycles. The van der Waals surface area contributed by atoms with E-state index in [9.17, 15) is 19.2 Å². The maximum absolute atomic E-state index is 12.8. The average molecular weight is 415 g/mol. The first-order chi connectivity index (χ1) is 14.0. The van der Waals surface area contributed by atoms with E-state index in [1.54, 1.807) is 24.3 Å². The Kier molecular flexibility index (Phi) is 5.87. The minimum Gasteiger partial charge on any atom is -0.347 e. The van der Waals surface area contributed by atoms with Gasteiger partial charge < -0.3 is 16.0 Å². The van der Waals surface area contributed by atoms with Crippen molar-refractivity contribution < 1.29 is 19.2 Å². The van der Waals surface area contributed by atoms with Crippen molar-refractivity contribution in [2.24, 2.45) is 5.92 Å². The number of hydrogen-bond acceptors (Lipinski definition) is 4. The van der Waals surface area contributed by atoms with Crippen LogP contribution in [0.3, 0.4) is 0 Å². The fraction of sp³-hybridized carbons (Fsp3) is 0.545. The van der Waals surface area contributed by atoms with Crippen LogP contribution in [0.1, 0.15) is 63.7 Å². The van der Waals surface area contributed by atoms with Crippen LogP contribution in [0.15, 0.2) is 24.3 Å². The second-order valence-electron chi connectivity index (χ2n) is 9.42. The van der Waals surface area contributed by atoms with Crippen molar-refractivity contribution in [1.29, 1.82) is 0 Å². The molecule has 0 aromatic heterocycles. The van der Waals surface area contributed by atoms with Crippen LogP contribution in [0.25, 0.3) is 0 Å². The molecular weight excluding hydrogens is 384 g/mol. The summed E-state index contributed by atoms with van der Waals surface area (Å²) in [6.07, 6.45) is 2.96. The summed E-state index contributed by atoms with van der Waals surface area (Å²) >= 11 is 0. The summed E-state index contributed by atoms with van der Waals surface area (Å²) in [5.74, 6) is -0.451. The molecule has 0 radical (unpaired) electrons. The lowest BCUT2D eigenvalue weighted by Gasteiger charge is -2.33. The zero-order valence-electron chi connectivity index (χ0n) is 18.0. The third-order valence-electron chi connectivity index (χ3n) is 5.59. The van der Waals surface area contributed by atoms with Crippen LogP contribution in [-0.4, -0.2) is 46.3 Å². The summed E-state index contributed by atoms with van der Waals surface area (Å²) in [5.41, 5.74) is -0.238. The number of nitrogens with one attached hydrogen (secondary N) is 3. The Morgan fingerprint density at radius 3 is 2.30 bits per heavy atom. The molecule has 8 heteroatoms. The Morgan fingerprint density at radius 2 is 1.73 bits per heavy atom. The van der Waals surface area contributed by atoms with E-state index in [-0.39, 0.29) is 23.9 Å². The highest BCUT2D eigenvalue weighted by molar-refractivity contribution is 6.10. The molecule has 30 heavy (non-hydrogen) atoms. The Labute approximate surface area is 176 Å². The van der Waals surface area contributed by atoms with Crippen molar-refractivity contribution in [3.05, 3.63) is 29.8 Å². The van der Waals surface area contributed by atoms with Gasteiger partial charge in [-0.2, -0.15) is 0 Å². The van der Waals surface area contributed by atoms with Crippen LogP contribution in [-0.2, 0) is 9.59 Å². The Balaban J connectivity index is 1.58. The molecule has 0 atom stereocenters. The number of imide groups is 1. The minimum absolute atomic E-state index is 0.202. The van der Waals surface area contributed by atoms with Gasteiger partial charge in [-0.05, 0) is 76.6 Å². The minimum atomic E-state index is -0.855. The maximum Gasteiger partial charge on any atom is 0.325 e. The number of urea groups is 1. The largest absolute Gasteiger partial charge is 0.347 e. The lowest BCUT2D eigenvalue weighted by atomic mass is 9.77. The first-order valence-corrected chi connectivity index (χ1v) is 10.4. The normalized spacial score (nSPS) is 24.0. The fourth-order valence-corrected chi connectivity index (χ4v) is 3.88. The van der Waals surface area contributed by atoms with E-state index in [0.29, 0.717) is 30.0 Å². The lowest BCUT2D eigenvalue weighted by molar-refractivity contribution is -0.135. The summed E-state index contributed by atoms with van der Waals surface area (Å²) in [4.78, 5) is 50.8. The van der Waals surface area contributed by atoms with Crippen molar-refractivity contribution in [2.75, 3.05) is 11.9 Å². The van der Waals surface area contributed by atoms with Gasteiger partial charge in [-0.15, -0.1) is 0 Å². The first-order valence-electron chi connectivity index (χ1n) is 10.4. The van der Waals surface area contributed by atoms with Crippen molar-refractivity contribution in [2.45, 2.75) is 64.5 Å².